The van der Waals surface area contributed by atoms with Gasteiger partial charge in [-0.2, -0.15) is 0 Å². The number of allylic oxidation sites excluding steroid dienone is 1. The van der Waals surface area contributed by atoms with E-state index in [2.05, 4.69) is 0 Å². The predicted molar refractivity (Wildman–Crippen MR) is 63.0 cm³/mol. The molecule has 3 heteroatoms. The molecule has 0 amide bonds. The number of ketones is 1. The van der Waals surface area contributed by atoms with E-state index in [1.165, 1.54) is 0 Å². The third kappa shape index (κ3) is 2.53. The second-order valence-corrected chi connectivity index (χ2v) is 5.49. The van der Waals surface area contributed by atoms with Crippen LogP contribution in [0.2, 0.25) is 0 Å². The molecule has 0 bridgehead atoms. The Balaban J connectivity index is 2.88. The van der Waals surface area contributed by atoms with Crippen molar-refractivity contribution in [2.45, 2.75) is 52.7 Å². The van der Waals surface area contributed by atoms with E-state index in [0.29, 0.717) is 6.42 Å². The predicted octanol–water partition coefficient (Wildman–Crippen LogP) is 1.68. The first kappa shape index (κ1) is 13.4. The lowest BCUT2D eigenvalue weighted by molar-refractivity contribution is -0.131. The molecule has 0 aromatic carbocycles. The first-order valence-corrected chi connectivity index (χ1v) is 5.85. The maximum absolute atomic E-state index is 11.5. The number of hydrogen-bond donors (Lipinski definition) is 2. The van der Waals surface area contributed by atoms with E-state index in [0.717, 1.165) is 12.0 Å². The first-order valence-electron chi connectivity index (χ1n) is 5.85. The van der Waals surface area contributed by atoms with E-state index >= 15 is 0 Å². The van der Waals surface area contributed by atoms with E-state index in [4.69, 9.17) is 0 Å². The van der Waals surface area contributed by atoms with Crippen LogP contribution in [0.1, 0.15) is 40.5 Å². The van der Waals surface area contributed by atoms with Crippen LogP contribution >= 0.6 is 0 Å². The monoisotopic (exact) mass is 226 g/mol. The minimum atomic E-state index is -0.921. The third-order valence-corrected chi connectivity index (χ3v) is 3.67. The molecule has 1 aliphatic rings. The van der Waals surface area contributed by atoms with E-state index in [1.807, 2.05) is 20.8 Å². The van der Waals surface area contributed by atoms with Crippen molar-refractivity contribution in [2.75, 3.05) is 0 Å². The van der Waals surface area contributed by atoms with Crippen molar-refractivity contribution in [3.8, 4) is 0 Å². The maximum Gasteiger partial charge on any atom is 0.184 e. The zero-order valence-corrected chi connectivity index (χ0v) is 10.5. The summed E-state index contributed by atoms with van der Waals surface area (Å²) in [5.74, 6) is -0.0365. The molecule has 0 heterocycles. The summed E-state index contributed by atoms with van der Waals surface area (Å²) in [7, 11) is 0. The lowest BCUT2D eigenvalue weighted by Crippen LogP contribution is -2.45. The molecule has 3 unspecified atom stereocenters. The second-order valence-electron chi connectivity index (χ2n) is 5.49. The Labute approximate surface area is 97.2 Å². The SMILES string of the molecule is CC1=CC(=O)C(O)C(C)(C)C1CCC(C)O. The molecular weight excluding hydrogens is 204 g/mol. The van der Waals surface area contributed by atoms with Crippen molar-refractivity contribution >= 4 is 5.78 Å². The molecule has 0 saturated heterocycles. The zero-order chi connectivity index (χ0) is 12.5. The topological polar surface area (TPSA) is 57.5 Å². The van der Waals surface area contributed by atoms with Crippen LogP contribution in [0.25, 0.3) is 0 Å². The molecule has 0 spiro atoms. The van der Waals surface area contributed by atoms with Gasteiger partial charge in [-0.1, -0.05) is 19.4 Å². The average molecular weight is 226 g/mol. The lowest BCUT2D eigenvalue weighted by Gasteiger charge is -2.41. The molecule has 92 valence electrons. The molecule has 0 aromatic rings. The Morgan fingerprint density at radius 1 is 1.50 bits per heavy atom. The molecule has 2 N–H and O–H groups in total. The van der Waals surface area contributed by atoms with Gasteiger partial charge in [0.25, 0.3) is 0 Å². The normalized spacial score (nSPS) is 31.1. The Morgan fingerprint density at radius 3 is 2.56 bits per heavy atom. The number of rotatable bonds is 3. The van der Waals surface area contributed by atoms with E-state index < -0.39 is 11.5 Å². The summed E-state index contributed by atoms with van der Waals surface area (Å²) < 4.78 is 0. The highest BCUT2D eigenvalue weighted by atomic mass is 16.3. The molecule has 1 aliphatic carbocycles. The summed E-state index contributed by atoms with van der Waals surface area (Å²) in [5.41, 5.74) is 0.575. The molecule has 16 heavy (non-hydrogen) atoms. The molecule has 1 rings (SSSR count). The molecule has 0 aliphatic heterocycles. The number of aliphatic hydroxyl groups is 2. The second kappa shape index (κ2) is 4.68. The quantitative estimate of drug-likeness (QED) is 0.769. The van der Waals surface area contributed by atoms with Crippen molar-refractivity contribution in [3.63, 3.8) is 0 Å². The molecule has 0 radical (unpaired) electrons. The van der Waals surface area contributed by atoms with Gasteiger partial charge in [-0.15, -0.1) is 0 Å². The standard InChI is InChI=1S/C13H22O3/c1-8-7-11(15)12(16)13(3,4)10(8)6-5-9(2)14/h7,9-10,12,14,16H,5-6H2,1-4H3. The van der Waals surface area contributed by atoms with Gasteiger partial charge in [0, 0.05) is 5.41 Å². The van der Waals surface area contributed by atoms with Crippen LogP contribution in [0.5, 0.6) is 0 Å². The van der Waals surface area contributed by atoms with Crippen LogP contribution in [0.3, 0.4) is 0 Å². The molecule has 3 atom stereocenters. The van der Waals surface area contributed by atoms with Crippen molar-refractivity contribution in [2.24, 2.45) is 11.3 Å². The van der Waals surface area contributed by atoms with Gasteiger partial charge < -0.3 is 10.2 Å². The van der Waals surface area contributed by atoms with Gasteiger partial charge in [0.1, 0.15) is 6.10 Å². The highest BCUT2D eigenvalue weighted by molar-refractivity contribution is 5.95. The van der Waals surface area contributed by atoms with Crippen LogP contribution in [0.15, 0.2) is 11.6 Å². The van der Waals surface area contributed by atoms with Gasteiger partial charge in [0.15, 0.2) is 5.78 Å². The van der Waals surface area contributed by atoms with Gasteiger partial charge >= 0.3 is 0 Å². The summed E-state index contributed by atoms with van der Waals surface area (Å²) >= 11 is 0. The summed E-state index contributed by atoms with van der Waals surface area (Å²) in [6.07, 6.45) is 1.79. The Hall–Kier alpha value is -0.670. The minimum Gasteiger partial charge on any atom is -0.393 e. The lowest BCUT2D eigenvalue weighted by atomic mass is 9.65. The molecule has 3 nitrogen and oxygen atoms in total. The Morgan fingerprint density at radius 2 is 2.06 bits per heavy atom. The number of aliphatic hydroxyl groups excluding tert-OH is 2. The minimum absolute atomic E-state index is 0.162. The summed E-state index contributed by atoms with van der Waals surface area (Å²) in [5, 5.41) is 19.2. The molecule has 0 aromatic heterocycles. The fourth-order valence-electron chi connectivity index (χ4n) is 2.56. The van der Waals surface area contributed by atoms with E-state index in [1.54, 1.807) is 13.0 Å². The van der Waals surface area contributed by atoms with Gasteiger partial charge in [0.2, 0.25) is 0 Å². The van der Waals surface area contributed by atoms with Crippen molar-refractivity contribution in [3.05, 3.63) is 11.6 Å². The Kier molecular flexibility index (Phi) is 3.92. The van der Waals surface area contributed by atoms with Crippen LogP contribution in [0, 0.1) is 11.3 Å². The van der Waals surface area contributed by atoms with Crippen LogP contribution < -0.4 is 0 Å². The largest absolute Gasteiger partial charge is 0.393 e. The highest BCUT2D eigenvalue weighted by Crippen LogP contribution is 2.42. The average Bonchev–Trinajstić information content (AvgIpc) is 2.13. The van der Waals surface area contributed by atoms with Gasteiger partial charge in [-0.05, 0) is 38.7 Å². The van der Waals surface area contributed by atoms with Crippen molar-refractivity contribution in [1.29, 1.82) is 0 Å². The van der Waals surface area contributed by atoms with Gasteiger partial charge in [-0.3, -0.25) is 4.79 Å². The summed E-state index contributed by atoms with van der Waals surface area (Å²) in [6, 6.07) is 0. The molecule has 0 saturated carbocycles. The van der Waals surface area contributed by atoms with E-state index in [9.17, 15) is 15.0 Å². The highest BCUT2D eigenvalue weighted by Gasteiger charge is 2.43. The maximum atomic E-state index is 11.5. The summed E-state index contributed by atoms with van der Waals surface area (Å²) in [4.78, 5) is 11.5. The Bertz CT molecular complexity index is 302. The molecular formula is C13H22O3. The van der Waals surface area contributed by atoms with Crippen LogP contribution in [-0.4, -0.2) is 28.2 Å². The molecule has 0 fully saturated rings. The van der Waals surface area contributed by atoms with E-state index in [-0.39, 0.29) is 17.8 Å². The third-order valence-electron chi connectivity index (χ3n) is 3.67. The van der Waals surface area contributed by atoms with Crippen LogP contribution in [0.4, 0.5) is 0 Å². The first-order chi connectivity index (χ1) is 7.26. The fourth-order valence-corrected chi connectivity index (χ4v) is 2.56. The van der Waals surface area contributed by atoms with Gasteiger partial charge in [-0.25, -0.2) is 0 Å². The smallest absolute Gasteiger partial charge is 0.184 e. The van der Waals surface area contributed by atoms with Crippen LogP contribution in [-0.2, 0) is 4.79 Å². The number of carbonyl (C=O) groups is 1. The van der Waals surface area contributed by atoms with Crippen molar-refractivity contribution in [1.82, 2.24) is 0 Å². The zero-order valence-electron chi connectivity index (χ0n) is 10.5. The van der Waals surface area contributed by atoms with Gasteiger partial charge in [0.05, 0.1) is 6.10 Å². The fraction of sp³-hybridized carbons (Fsp3) is 0.769. The number of carbonyl (C=O) groups excluding carboxylic acids is 1. The van der Waals surface area contributed by atoms with Crippen molar-refractivity contribution < 1.29 is 15.0 Å². The number of hydrogen-bond acceptors (Lipinski definition) is 3. The summed E-state index contributed by atoms with van der Waals surface area (Å²) in [6.45, 7) is 7.52.